The van der Waals surface area contributed by atoms with Gasteiger partial charge in [-0.25, -0.2) is 23.4 Å². The van der Waals surface area contributed by atoms with Crippen LogP contribution in [0.5, 0.6) is 0 Å². The Hall–Kier alpha value is -4.01. The number of carbonyl (C=O) groups excluding carboxylic acids is 1. The highest BCUT2D eigenvalue weighted by Gasteiger charge is 2.35. The van der Waals surface area contributed by atoms with Crippen LogP contribution in [-0.4, -0.2) is 47.6 Å². The number of sulfonamides is 1. The van der Waals surface area contributed by atoms with Crippen molar-refractivity contribution in [3.63, 3.8) is 0 Å². The summed E-state index contributed by atoms with van der Waals surface area (Å²) in [5, 5.41) is 8.09. The molecule has 0 spiro atoms. The van der Waals surface area contributed by atoms with Crippen LogP contribution in [0.25, 0.3) is 0 Å². The lowest BCUT2D eigenvalue weighted by atomic mass is 10.1. The summed E-state index contributed by atoms with van der Waals surface area (Å²) >= 11 is 0. The quantitative estimate of drug-likeness (QED) is 0.427. The first-order valence-electron chi connectivity index (χ1n) is 10.5. The van der Waals surface area contributed by atoms with Gasteiger partial charge in [0.05, 0.1) is 19.2 Å². The Morgan fingerprint density at radius 1 is 1.17 bits per heavy atom. The molecule has 3 N–H and O–H groups in total. The van der Waals surface area contributed by atoms with Crippen LogP contribution in [0.4, 0.5) is 42.1 Å². The van der Waals surface area contributed by atoms with E-state index < -0.39 is 27.6 Å². The van der Waals surface area contributed by atoms with Crippen LogP contribution in [0, 0.1) is 6.92 Å². The molecule has 2 aromatic heterocycles. The number of fused-ring (bicyclic) bond motifs is 1. The molecule has 15 heteroatoms. The van der Waals surface area contributed by atoms with Gasteiger partial charge in [-0.2, -0.15) is 18.2 Å². The van der Waals surface area contributed by atoms with Gasteiger partial charge in [0.2, 0.25) is 21.9 Å². The number of rotatable bonds is 7. The molecule has 0 saturated heterocycles. The van der Waals surface area contributed by atoms with Gasteiger partial charge >= 0.3 is 6.18 Å². The van der Waals surface area contributed by atoms with Crippen molar-refractivity contribution >= 4 is 44.9 Å². The number of nitrogens with zero attached hydrogens (tertiary/aromatic N) is 5. The van der Waals surface area contributed by atoms with E-state index in [9.17, 15) is 26.4 Å². The summed E-state index contributed by atoms with van der Waals surface area (Å²) in [6.45, 7) is 1.35. The molecule has 190 valence electrons. The smallest absolute Gasteiger partial charge is 0.362 e. The maximum Gasteiger partial charge on any atom is 0.421 e. The number of anilines is 5. The number of aromatic nitrogens is 4. The molecule has 0 atom stereocenters. The summed E-state index contributed by atoms with van der Waals surface area (Å²) in [5.74, 6) is -0.617. The van der Waals surface area contributed by atoms with E-state index in [1.54, 1.807) is 25.1 Å². The van der Waals surface area contributed by atoms with Crippen LogP contribution in [0.15, 0.2) is 30.6 Å². The number of hydrogen-bond donors (Lipinski definition) is 3. The van der Waals surface area contributed by atoms with E-state index in [1.165, 1.54) is 13.2 Å². The SMILES string of the molecule is Cc1cnc(CNc2nc(Nc3ccc4c(c3)NC(=O)C4)ncc2C(F)(F)F)nc1N(C)S(C)(=O)=O. The maximum atomic E-state index is 13.6. The number of alkyl halides is 3. The predicted octanol–water partition coefficient (Wildman–Crippen LogP) is 2.84. The second kappa shape index (κ2) is 9.22. The number of amides is 1. The number of hydrogen-bond acceptors (Lipinski definition) is 9. The zero-order valence-electron chi connectivity index (χ0n) is 19.3. The van der Waals surface area contributed by atoms with Gasteiger partial charge in [0.1, 0.15) is 23.0 Å². The average Bonchev–Trinajstić information content (AvgIpc) is 3.16. The molecule has 1 amide bonds. The Balaban J connectivity index is 1.59. The number of nitrogens with one attached hydrogen (secondary N) is 3. The van der Waals surface area contributed by atoms with Gasteiger partial charge in [-0.05, 0) is 24.6 Å². The molecule has 4 rings (SSSR count). The number of halogens is 3. The van der Waals surface area contributed by atoms with Gasteiger partial charge in [-0.15, -0.1) is 0 Å². The maximum absolute atomic E-state index is 13.6. The van der Waals surface area contributed by atoms with Gasteiger partial charge in [0.25, 0.3) is 0 Å². The molecule has 0 radical (unpaired) electrons. The Morgan fingerprint density at radius 3 is 2.61 bits per heavy atom. The summed E-state index contributed by atoms with van der Waals surface area (Å²) in [4.78, 5) is 27.5. The molecule has 0 bridgehead atoms. The van der Waals surface area contributed by atoms with Crippen LogP contribution in [-0.2, 0) is 34.0 Å². The highest BCUT2D eigenvalue weighted by atomic mass is 32.2. The van der Waals surface area contributed by atoms with E-state index in [2.05, 4.69) is 35.9 Å². The molecular formula is C21H21F3N8O3S. The zero-order chi connectivity index (χ0) is 26.3. The van der Waals surface area contributed by atoms with E-state index in [4.69, 9.17) is 0 Å². The van der Waals surface area contributed by atoms with Crippen LogP contribution in [0.2, 0.25) is 0 Å². The Bertz CT molecular complexity index is 1450. The third-order valence-electron chi connectivity index (χ3n) is 5.29. The van der Waals surface area contributed by atoms with E-state index >= 15 is 0 Å². The molecule has 0 unspecified atom stereocenters. The number of carbonyl (C=O) groups is 1. The molecular weight excluding hydrogens is 501 g/mol. The lowest BCUT2D eigenvalue weighted by Gasteiger charge is -2.18. The minimum atomic E-state index is -4.74. The molecule has 3 heterocycles. The minimum Gasteiger partial charge on any atom is -0.362 e. The lowest BCUT2D eigenvalue weighted by Crippen LogP contribution is -2.27. The fraction of sp³-hybridized carbons (Fsp3) is 0.286. The summed E-state index contributed by atoms with van der Waals surface area (Å²) in [6, 6.07) is 5.01. The Kier molecular flexibility index (Phi) is 6.43. The summed E-state index contributed by atoms with van der Waals surface area (Å²) in [5.41, 5.74) is 1.25. The second-order valence-corrected chi connectivity index (χ2v) is 10.1. The van der Waals surface area contributed by atoms with E-state index in [0.717, 1.165) is 16.1 Å². The van der Waals surface area contributed by atoms with Crippen LogP contribution < -0.4 is 20.3 Å². The van der Waals surface area contributed by atoms with Crippen molar-refractivity contribution in [2.24, 2.45) is 0 Å². The fourth-order valence-corrected chi connectivity index (χ4v) is 3.90. The predicted molar refractivity (Wildman–Crippen MR) is 126 cm³/mol. The summed E-state index contributed by atoms with van der Waals surface area (Å²) in [7, 11) is -2.29. The molecule has 0 aliphatic carbocycles. The van der Waals surface area contributed by atoms with E-state index in [-0.39, 0.29) is 36.5 Å². The van der Waals surface area contributed by atoms with Crippen molar-refractivity contribution in [1.29, 1.82) is 0 Å². The fourth-order valence-electron chi connectivity index (χ4n) is 3.40. The molecule has 1 aromatic carbocycles. The van der Waals surface area contributed by atoms with Gasteiger partial charge in [0, 0.05) is 36.4 Å². The van der Waals surface area contributed by atoms with Crippen molar-refractivity contribution < 1.29 is 26.4 Å². The van der Waals surface area contributed by atoms with Gasteiger partial charge < -0.3 is 16.0 Å². The molecule has 3 aromatic rings. The molecule has 0 fully saturated rings. The largest absolute Gasteiger partial charge is 0.421 e. The molecule has 36 heavy (non-hydrogen) atoms. The first kappa shape index (κ1) is 25.1. The normalized spacial score (nSPS) is 13.2. The van der Waals surface area contributed by atoms with Crippen molar-refractivity contribution in [3.05, 3.63) is 53.1 Å². The van der Waals surface area contributed by atoms with Crippen LogP contribution in [0.3, 0.4) is 0 Å². The first-order chi connectivity index (χ1) is 16.8. The highest BCUT2D eigenvalue weighted by molar-refractivity contribution is 7.92. The Morgan fingerprint density at radius 2 is 1.92 bits per heavy atom. The van der Waals surface area contributed by atoms with Crippen molar-refractivity contribution in [2.75, 3.05) is 33.6 Å². The third-order valence-corrected chi connectivity index (χ3v) is 6.46. The van der Waals surface area contributed by atoms with Crippen molar-refractivity contribution in [2.45, 2.75) is 26.1 Å². The molecule has 1 aliphatic heterocycles. The lowest BCUT2D eigenvalue weighted by molar-refractivity contribution is -0.137. The summed E-state index contributed by atoms with van der Waals surface area (Å²) in [6.07, 6.45) is -1.46. The molecule has 1 aliphatic rings. The topological polar surface area (TPSA) is 142 Å². The first-order valence-corrected chi connectivity index (χ1v) is 12.3. The standard InChI is InChI=1S/C21H21F3N8O3S/c1-11-8-25-16(30-19(11)32(2)36(3,34)35)10-26-18-14(21(22,23)24)9-27-20(31-18)28-13-5-4-12-6-17(33)29-15(12)7-13/h4-5,7-9H,6,10H2,1-3H3,(H,29,33)(H2,26,27,28,31). The highest BCUT2D eigenvalue weighted by Crippen LogP contribution is 2.35. The zero-order valence-corrected chi connectivity index (χ0v) is 20.1. The third kappa shape index (κ3) is 5.45. The second-order valence-electron chi connectivity index (χ2n) is 8.05. The number of aryl methyl sites for hydroxylation is 1. The average molecular weight is 523 g/mol. The van der Waals surface area contributed by atoms with E-state index in [1.807, 2.05) is 0 Å². The van der Waals surface area contributed by atoms with E-state index in [0.29, 0.717) is 23.1 Å². The van der Waals surface area contributed by atoms with Gasteiger partial charge in [-0.1, -0.05) is 6.07 Å². The van der Waals surface area contributed by atoms with Crippen molar-refractivity contribution in [1.82, 2.24) is 19.9 Å². The van der Waals surface area contributed by atoms with Gasteiger partial charge in [-0.3, -0.25) is 9.10 Å². The minimum absolute atomic E-state index is 0.0571. The van der Waals surface area contributed by atoms with Crippen LogP contribution >= 0.6 is 0 Å². The van der Waals surface area contributed by atoms with Crippen LogP contribution in [0.1, 0.15) is 22.5 Å². The van der Waals surface area contributed by atoms with Crippen molar-refractivity contribution in [3.8, 4) is 0 Å². The molecule has 0 saturated carbocycles. The summed E-state index contributed by atoms with van der Waals surface area (Å²) < 4.78 is 65.5. The Labute approximate surface area is 204 Å². The monoisotopic (exact) mass is 522 g/mol. The number of benzene rings is 1. The van der Waals surface area contributed by atoms with Gasteiger partial charge in [0.15, 0.2) is 0 Å². The molecule has 11 nitrogen and oxygen atoms in total.